The molecule has 0 saturated carbocycles. The minimum Gasteiger partial charge on any atom is -0.480 e. The van der Waals surface area contributed by atoms with Gasteiger partial charge in [0.25, 0.3) is 0 Å². The second-order valence-corrected chi connectivity index (χ2v) is 7.53. The topological polar surface area (TPSA) is 74.7 Å². The second kappa shape index (κ2) is 5.52. The first-order chi connectivity index (χ1) is 9.23. The minimum atomic E-state index is -3.93. The standard InChI is InChI=1S/C12H13Cl2NO4S/c1-7-2-3-15(11(7)12(16)17)20(18,19)10-5-8(13)4-9(14)6-10/h4-7,11H,2-3H2,1H3,(H,16,17)/t7?,11-/m0/s1. The largest absolute Gasteiger partial charge is 0.480 e. The van der Waals surface area contributed by atoms with Crippen molar-refractivity contribution >= 4 is 39.2 Å². The van der Waals surface area contributed by atoms with Crippen molar-refractivity contribution in [2.24, 2.45) is 5.92 Å². The summed E-state index contributed by atoms with van der Waals surface area (Å²) in [5.41, 5.74) is 0. The number of aliphatic carboxylic acids is 1. The number of sulfonamides is 1. The summed E-state index contributed by atoms with van der Waals surface area (Å²) in [6.07, 6.45) is 0.504. The lowest BCUT2D eigenvalue weighted by Crippen LogP contribution is -2.42. The van der Waals surface area contributed by atoms with Crippen LogP contribution in [0, 0.1) is 5.92 Å². The van der Waals surface area contributed by atoms with Gasteiger partial charge in [-0.15, -0.1) is 0 Å². The molecule has 0 amide bonds. The molecule has 1 aromatic carbocycles. The van der Waals surface area contributed by atoms with Gasteiger partial charge < -0.3 is 5.11 Å². The van der Waals surface area contributed by atoms with Crippen molar-refractivity contribution in [1.29, 1.82) is 0 Å². The molecular weight excluding hydrogens is 325 g/mol. The Labute approximate surface area is 127 Å². The van der Waals surface area contributed by atoms with Gasteiger partial charge in [0.1, 0.15) is 6.04 Å². The van der Waals surface area contributed by atoms with Gasteiger partial charge in [-0.3, -0.25) is 4.79 Å². The van der Waals surface area contributed by atoms with Crippen molar-refractivity contribution in [3.05, 3.63) is 28.2 Å². The Balaban J connectivity index is 2.47. The maximum atomic E-state index is 12.5. The molecule has 1 saturated heterocycles. The summed E-state index contributed by atoms with van der Waals surface area (Å²) < 4.78 is 26.1. The molecule has 20 heavy (non-hydrogen) atoms. The van der Waals surface area contributed by atoms with Crippen LogP contribution in [0.1, 0.15) is 13.3 Å². The molecule has 0 spiro atoms. The third kappa shape index (κ3) is 2.79. The van der Waals surface area contributed by atoms with E-state index in [1.807, 2.05) is 0 Å². The highest BCUT2D eigenvalue weighted by molar-refractivity contribution is 7.89. The minimum absolute atomic E-state index is 0.0876. The van der Waals surface area contributed by atoms with Gasteiger partial charge in [0, 0.05) is 16.6 Å². The zero-order valence-corrected chi connectivity index (χ0v) is 12.9. The van der Waals surface area contributed by atoms with E-state index in [1.165, 1.54) is 18.2 Å². The highest BCUT2D eigenvalue weighted by Crippen LogP contribution is 2.32. The summed E-state index contributed by atoms with van der Waals surface area (Å²) in [6, 6.07) is 2.90. The molecule has 5 nitrogen and oxygen atoms in total. The van der Waals surface area contributed by atoms with Gasteiger partial charge >= 0.3 is 5.97 Å². The number of carboxylic acid groups (broad SMARTS) is 1. The van der Waals surface area contributed by atoms with E-state index in [0.717, 1.165) is 4.31 Å². The molecule has 1 unspecified atom stereocenters. The fraction of sp³-hybridized carbons (Fsp3) is 0.417. The predicted octanol–water partition coefficient (Wildman–Crippen LogP) is 2.48. The molecule has 1 aliphatic heterocycles. The van der Waals surface area contributed by atoms with Crippen LogP contribution in [0.4, 0.5) is 0 Å². The van der Waals surface area contributed by atoms with Crippen molar-refractivity contribution in [2.75, 3.05) is 6.54 Å². The maximum Gasteiger partial charge on any atom is 0.322 e. The Morgan fingerprint density at radius 1 is 1.30 bits per heavy atom. The average Bonchev–Trinajstić information content (AvgIpc) is 2.70. The second-order valence-electron chi connectivity index (χ2n) is 4.77. The van der Waals surface area contributed by atoms with Crippen LogP contribution < -0.4 is 0 Å². The van der Waals surface area contributed by atoms with Crippen molar-refractivity contribution in [3.63, 3.8) is 0 Å². The van der Waals surface area contributed by atoms with E-state index in [0.29, 0.717) is 6.42 Å². The molecule has 1 aromatic rings. The van der Waals surface area contributed by atoms with Crippen LogP contribution >= 0.6 is 23.2 Å². The number of halogens is 2. The third-order valence-corrected chi connectivity index (χ3v) is 5.64. The zero-order valence-electron chi connectivity index (χ0n) is 10.6. The quantitative estimate of drug-likeness (QED) is 0.919. The molecule has 0 bridgehead atoms. The zero-order chi connectivity index (χ0) is 15.1. The Bertz CT molecular complexity index is 627. The smallest absolute Gasteiger partial charge is 0.322 e. The third-order valence-electron chi connectivity index (χ3n) is 3.35. The summed E-state index contributed by atoms with van der Waals surface area (Å²) in [5, 5.41) is 9.60. The van der Waals surface area contributed by atoms with Crippen LogP contribution in [0.3, 0.4) is 0 Å². The van der Waals surface area contributed by atoms with Gasteiger partial charge in [-0.1, -0.05) is 30.1 Å². The van der Waals surface area contributed by atoms with Gasteiger partial charge in [0.15, 0.2) is 0 Å². The lowest BCUT2D eigenvalue weighted by atomic mass is 10.0. The first-order valence-electron chi connectivity index (χ1n) is 5.94. The van der Waals surface area contributed by atoms with Crippen molar-refractivity contribution < 1.29 is 18.3 Å². The summed E-state index contributed by atoms with van der Waals surface area (Å²) in [5.74, 6) is -1.39. The van der Waals surface area contributed by atoms with Gasteiger partial charge in [-0.25, -0.2) is 8.42 Å². The summed E-state index contributed by atoms with van der Waals surface area (Å²) in [4.78, 5) is 11.2. The van der Waals surface area contributed by atoms with Gasteiger partial charge in [0.2, 0.25) is 10.0 Å². The molecule has 2 rings (SSSR count). The molecule has 0 radical (unpaired) electrons. The van der Waals surface area contributed by atoms with Crippen LogP contribution in [0.25, 0.3) is 0 Å². The van der Waals surface area contributed by atoms with E-state index in [2.05, 4.69) is 0 Å². The Kier molecular flexibility index (Phi) is 4.30. The van der Waals surface area contributed by atoms with Crippen molar-refractivity contribution in [3.8, 4) is 0 Å². The molecule has 0 aliphatic carbocycles. The SMILES string of the molecule is CC1CCN(S(=O)(=O)c2cc(Cl)cc(Cl)c2)[C@@H]1C(=O)O. The van der Waals surface area contributed by atoms with Crippen LogP contribution in [-0.4, -0.2) is 36.4 Å². The molecule has 1 fully saturated rings. The molecule has 0 aromatic heterocycles. The molecule has 2 atom stereocenters. The first kappa shape index (κ1) is 15.6. The molecule has 1 N–H and O–H groups in total. The normalized spacial score (nSPS) is 23.9. The number of nitrogens with zero attached hydrogens (tertiary/aromatic N) is 1. The molecule has 8 heteroatoms. The molecule has 1 heterocycles. The number of carboxylic acids is 1. The summed E-state index contributed by atoms with van der Waals surface area (Å²) in [7, 11) is -3.93. The van der Waals surface area contributed by atoms with Crippen LogP contribution in [0.15, 0.2) is 23.1 Å². The van der Waals surface area contributed by atoms with Crippen molar-refractivity contribution in [2.45, 2.75) is 24.3 Å². The Morgan fingerprint density at radius 3 is 2.35 bits per heavy atom. The molecule has 1 aliphatic rings. The fourth-order valence-electron chi connectivity index (χ4n) is 2.36. The van der Waals surface area contributed by atoms with E-state index >= 15 is 0 Å². The van der Waals surface area contributed by atoms with E-state index in [1.54, 1.807) is 6.92 Å². The summed E-state index contributed by atoms with van der Waals surface area (Å²) >= 11 is 11.6. The first-order valence-corrected chi connectivity index (χ1v) is 8.14. The number of hydrogen-bond donors (Lipinski definition) is 1. The van der Waals surface area contributed by atoms with Crippen LogP contribution in [0.2, 0.25) is 10.0 Å². The highest BCUT2D eigenvalue weighted by atomic mass is 35.5. The number of rotatable bonds is 3. The molecular formula is C12H13Cl2NO4S. The van der Waals surface area contributed by atoms with Gasteiger partial charge in [-0.05, 0) is 30.5 Å². The van der Waals surface area contributed by atoms with Crippen molar-refractivity contribution in [1.82, 2.24) is 4.31 Å². The number of benzene rings is 1. The lowest BCUT2D eigenvalue weighted by Gasteiger charge is -2.23. The maximum absolute atomic E-state index is 12.5. The molecule has 110 valence electrons. The number of hydrogen-bond acceptors (Lipinski definition) is 3. The van der Waals surface area contributed by atoms with E-state index in [-0.39, 0.29) is 27.4 Å². The monoisotopic (exact) mass is 337 g/mol. The average molecular weight is 338 g/mol. The van der Waals surface area contributed by atoms with E-state index < -0.39 is 22.0 Å². The van der Waals surface area contributed by atoms with E-state index in [4.69, 9.17) is 23.2 Å². The van der Waals surface area contributed by atoms with Gasteiger partial charge in [-0.2, -0.15) is 4.31 Å². The summed E-state index contributed by atoms with van der Waals surface area (Å²) in [6.45, 7) is 1.89. The fourth-order valence-corrected chi connectivity index (χ4v) is 4.78. The van der Waals surface area contributed by atoms with Crippen LogP contribution in [0.5, 0.6) is 0 Å². The Hall–Kier alpha value is -0.820. The van der Waals surface area contributed by atoms with Crippen LogP contribution in [-0.2, 0) is 14.8 Å². The van der Waals surface area contributed by atoms with E-state index in [9.17, 15) is 18.3 Å². The Morgan fingerprint density at radius 2 is 1.85 bits per heavy atom. The number of carbonyl (C=O) groups is 1. The lowest BCUT2D eigenvalue weighted by molar-refractivity contribution is -0.141. The van der Waals surface area contributed by atoms with Gasteiger partial charge in [0.05, 0.1) is 4.90 Å². The highest BCUT2D eigenvalue weighted by Gasteiger charge is 2.43. The predicted molar refractivity (Wildman–Crippen MR) is 75.6 cm³/mol.